The molecule has 0 saturated heterocycles. The van der Waals surface area contributed by atoms with E-state index in [1.54, 1.807) is 0 Å². The molecule has 0 aliphatic heterocycles. The standard InChI is InChI=1S/C5H4F4O2/c6-4(5(7,8)9)1-2-11-3-10/h1,3H,2H2/b4-1-. The molecule has 64 valence electrons. The molecule has 0 unspecified atom stereocenters. The molecule has 6 heteroatoms. The summed E-state index contributed by atoms with van der Waals surface area (Å²) in [5.74, 6) is -2.26. The third-order valence-corrected chi connectivity index (χ3v) is 0.698. The molecule has 0 aromatic rings. The zero-order valence-corrected chi connectivity index (χ0v) is 5.19. The molecule has 0 fully saturated rings. The van der Waals surface area contributed by atoms with Gasteiger partial charge in [-0.25, -0.2) is 4.39 Å². The molecule has 0 aliphatic carbocycles. The zero-order valence-electron chi connectivity index (χ0n) is 5.19. The monoisotopic (exact) mass is 172 g/mol. The lowest BCUT2D eigenvalue weighted by Gasteiger charge is -2.01. The van der Waals surface area contributed by atoms with E-state index in [0.717, 1.165) is 0 Å². The van der Waals surface area contributed by atoms with E-state index < -0.39 is 18.6 Å². The number of halogens is 4. The van der Waals surface area contributed by atoms with Gasteiger partial charge in [-0.05, 0) is 6.08 Å². The first-order chi connectivity index (χ1) is 4.98. The molecule has 0 saturated carbocycles. The Morgan fingerprint density at radius 2 is 2.00 bits per heavy atom. The number of carbonyl (C=O) groups excluding carboxylic acids is 1. The highest BCUT2D eigenvalue weighted by Gasteiger charge is 2.34. The molecule has 0 aliphatic rings. The second-order valence-corrected chi connectivity index (χ2v) is 1.48. The molecule has 0 rings (SSSR count). The van der Waals surface area contributed by atoms with Crippen molar-refractivity contribution in [2.45, 2.75) is 6.18 Å². The van der Waals surface area contributed by atoms with Gasteiger partial charge in [0.05, 0.1) is 0 Å². The van der Waals surface area contributed by atoms with Gasteiger partial charge in [0.1, 0.15) is 6.61 Å². The van der Waals surface area contributed by atoms with E-state index in [1.807, 2.05) is 0 Å². The van der Waals surface area contributed by atoms with Crippen LogP contribution in [0.25, 0.3) is 0 Å². The first-order valence-corrected chi connectivity index (χ1v) is 2.46. The highest BCUT2D eigenvalue weighted by Crippen LogP contribution is 2.25. The van der Waals surface area contributed by atoms with Gasteiger partial charge in [-0.1, -0.05) is 0 Å². The molecule has 11 heavy (non-hydrogen) atoms. The molecule has 0 heterocycles. The van der Waals surface area contributed by atoms with E-state index in [-0.39, 0.29) is 12.5 Å². The van der Waals surface area contributed by atoms with Crippen LogP contribution >= 0.6 is 0 Å². The van der Waals surface area contributed by atoms with Crippen LogP contribution in [0, 0.1) is 0 Å². The summed E-state index contributed by atoms with van der Waals surface area (Å²) in [6.07, 6.45) is -4.86. The Hall–Kier alpha value is -1.07. The molecule has 2 nitrogen and oxygen atoms in total. The quantitative estimate of drug-likeness (QED) is 0.367. The van der Waals surface area contributed by atoms with Crippen LogP contribution in [0.5, 0.6) is 0 Å². The summed E-state index contributed by atoms with van der Waals surface area (Å²) in [5, 5.41) is 0. The molecule has 0 aromatic carbocycles. The number of rotatable bonds is 3. The van der Waals surface area contributed by atoms with Crippen LogP contribution in [-0.2, 0) is 9.53 Å². The lowest BCUT2D eigenvalue weighted by molar-refractivity contribution is -0.128. The molecular formula is C5H4F4O2. The normalized spacial score (nSPS) is 12.9. The molecule has 0 radical (unpaired) electrons. The van der Waals surface area contributed by atoms with E-state index >= 15 is 0 Å². The van der Waals surface area contributed by atoms with Crippen molar-refractivity contribution in [3.8, 4) is 0 Å². The predicted octanol–water partition coefficient (Wildman–Crippen LogP) is 1.58. The molecule has 0 bridgehead atoms. The average Bonchev–Trinajstić information content (AvgIpc) is 1.86. The molecule has 0 aromatic heterocycles. The Bertz CT molecular complexity index is 160. The van der Waals surface area contributed by atoms with Gasteiger partial charge in [0, 0.05) is 0 Å². The molecule has 0 amide bonds. The fraction of sp³-hybridized carbons (Fsp3) is 0.400. The summed E-state index contributed by atoms with van der Waals surface area (Å²) in [6, 6.07) is 0. The van der Waals surface area contributed by atoms with Crippen LogP contribution in [0.2, 0.25) is 0 Å². The number of carbonyl (C=O) groups is 1. The third kappa shape index (κ3) is 4.35. The Morgan fingerprint density at radius 1 is 1.45 bits per heavy atom. The number of hydrogen-bond acceptors (Lipinski definition) is 2. The second-order valence-electron chi connectivity index (χ2n) is 1.48. The number of alkyl halides is 3. The van der Waals surface area contributed by atoms with E-state index in [0.29, 0.717) is 0 Å². The third-order valence-electron chi connectivity index (χ3n) is 0.698. The average molecular weight is 172 g/mol. The minimum atomic E-state index is -4.99. The minimum absolute atomic E-state index is 0.0693. The maximum absolute atomic E-state index is 11.8. The van der Waals surface area contributed by atoms with E-state index in [4.69, 9.17) is 0 Å². The van der Waals surface area contributed by atoms with Crippen molar-refractivity contribution in [2.24, 2.45) is 0 Å². The molecule has 0 spiro atoms. The highest BCUT2D eigenvalue weighted by atomic mass is 19.4. The van der Waals surface area contributed by atoms with E-state index in [2.05, 4.69) is 4.74 Å². The summed E-state index contributed by atoms with van der Waals surface area (Å²) in [6.45, 7) is -0.783. The summed E-state index contributed by atoms with van der Waals surface area (Å²) in [7, 11) is 0. The minimum Gasteiger partial charge on any atom is -0.464 e. The van der Waals surface area contributed by atoms with Crippen molar-refractivity contribution < 1.29 is 27.1 Å². The number of ether oxygens (including phenoxy) is 1. The largest absolute Gasteiger partial charge is 0.464 e. The van der Waals surface area contributed by atoms with Crippen molar-refractivity contribution in [1.29, 1.82) is 0 Å². The molecular weight excluding hydrogens is 168 g/mol. The van der Waals surface area contributed by atoms with Crippen molar-refractivity contribution in [2.75, 3.05) is 6.61 Å². The fourth-order valence-electron chi connectivity index (χ4n) is 0.276. The first kappa shape index (κ1) is 9.93. The van der Waals surface area contributed by atoms with Gasteiger partial charge in [-0.3, -0.25) is 4.79 Å². The van der Waals surface area contributed by atoms with Gasteiger partial charge in [-0.15, -0.1) is 0 Å². The van der Waals surface area contributed by atoms with Crippen LogP contribution in [0.3, 0.4) is 0 Å². The van der Waals surface area contributed by atoms with Crippen molar-refractivity contribution in [3.05, 3.63) is 11.9 Å². The smallest absolute Gasteiger partial charge is 0.442 e. The van der Waals surface area contributed by atoms with Crippen molar-refractivity contribution in [3.63, 3.8) is 0 Å². The Labute approximate surface area is 59.4 Å². The van der Waals surface area contributed by atoms with Crippen LogP contribution < -0.4 is 0 Å². The zero-order chi connectivity index (χ0) is 8.91. The van der Waals surface area contributed by atoms with Gasteiger partial charge >= 0.3 is 6.18 Å². The van der Waals surface area contributed by atoms with Gasteiger partial charge in [0.15, 0.2) is 0 Å². The van der Waals surface area contributed by atoms with Crippen LogP contribution in [-0.4, -0.2) is 19.3 Å². The predicted molar refractivity (Wildman–Crippen MR) is 27.3 cm³/mol. The molecule has 0 atom stereocenters. The maximum atomic E-state index is 11.8. The van der Waals surface area contributed by atoms with Crippen LogP contribution in [0.4, 0.5) is 17.6 Å². The topological polar surface area (TPSA) is 26.3 Å². The van der Waals surface area contributed by atoms with Crippen LogP contribution in [0.15, 0.2) is 11.9 Å². The first-order valence-electron chi connectivity index (χ1n) is 2.46. The van der Waals surface area contributed by atoms with Gasteiger partial charge < -0.3 is 4.74 Å². The fourth-order valence-corrected chi connectivity index (χ4v) is 0.276. The Kier molecular flexibility index (Phi) is 3.56. The summed E-state index contributed by atoms with van der Waals surface area (Å²) in [5.41, 5.74) is 0. The summed E-state index contributed by atoms with van der Waals surface area (Å²) in [4.78, 5) is 9.38. The summed E-state index contributed by atoms with van der Waals surface area (Å²) < 4.78 is 49.4. The van der Waals surface area contributed by atoms with Crippen LogP contribution in [0.1, 0.15) is 0 Å². The van der Waals surface area contributed by atoms with Gasteiger partial charge in [-0.2, -0.15) is 13.2 Å². The SMILES string of the molecule is O=COC/C=C(\F)C(F)(F)F. The van der Waals surface area contributed by atoms with Crippen molar-refractivity contribution in [1.82, 2.24) is 0 Å². The Balaban J connectivity index is 3.90. The van der Waals surface area contributed by atoms with E-state index in [9.17, 15) is 22.4 Å². The Morgan fingerprint density at radius 3 is 2.36 bits per heavy atom. The number of hydrogen-bond donors (Lipinski definition) is 0. The molecule has 0 N–H and O–H groups in total. The second kappa shape index (κ2) is 3.95. The van der Waals surface area contributed by atoms with Gasteiger partial charge in [0.2, 0.25) is 5.83 Å². The van der Waals surface area contributed by atoms with Crippen molar-refractivity contribution >= 4 is 6.47 Å². The maximum Gasteiger partial charge on any atom is 0.442 e. The van der Waals surface area contributed by atoms with Gasteiger partial charge in [0.25, 0.3) is 6.47 Å². The lowest BCUT2D eigenvalue weighted by atomic mass is 10.5. The number of allylic oxidation sites excluding steroid dienone is 1. The van der Waals surface area contributed by atoms with E-state index in [1.165, 1.54) is 0 Å². The highest BCUT2D eigenvalue weighted by molar-refractivity contribution is 5.37. The summed E-state index contributed by atoms with van der Waals surface area (Å²) >= 11 is 0. The lowest BCUT2D eigenvalue weighted by Crippen LogP contribution is -2.08.